The fourth-order valence-electron chi connectivity index (χ4n) is 1.93. The number of thiazole rings is 1. The molecule has 1 amide bonds. The second kappa shape index (κ2) is 3.43. The van der Waals surface area contributed by atoms with Crippen LogP contribution in [0, 0.1) is 0 Å². The predicted octanol–water partition coefficient (Wildman–Crippen LogP) is 1.82. The standard InChI is InChI=1S/C12H12N2O2S/c1-16-7-2-3-8-9(6-7)17-11(14-8)12(4-5-12)10(13)15/h2-3,6H,4-5H2,1H3,(H2,13,15). The lowest BCUT2D eigenvalue weighted by atomic mass is 10.1. The van der Waals surface area contributed by atoms with Crippen LogP contribution in [0.15, 0.2) is 18.2 Å². The van der Waals surface area contributed by atoms with E-state index in [-0.39, 0.29) is 5.91 Å². The van der Waals surface area contributed by atoms with E-state index in [0.717, 1.165) is 33.8 Å². The summed E-state index contributed by atoms with van der Waals surface area (Å²) in [7, 11) is 1.63. The molecule has 1 heterocycles. The Balaban J connectivity index is 2.11. The second-order valence-corrected chi connectivity index (χ2v) is 5.33. The second-order valence-electron chi connectivity index (χ2n) is 4.30. The van der Waals surface area contributed by atoms with E-state index in [1.165, 1.54) is 11.3 Å². The number of ether oxygens (including phenoxy) is 1. The van der Waals surface area contributed by atoms with Gasteiger partial charge in [-0.25, -0.2) is 4.98 Å². The van der Waals surface area contributed by atoms with Crippen LogP contribution in [0.4, 0.5) is 0 Å². The van der Waals surface area contributed by atoms with E-state index in [1.807, 2.05) is 18.2 Å². The third kappa shape index (κ3) is 1.50. The molecule has 0 radical (unpaired) electrons. The van der Waals surface area contributed by atoms with Crippen LogP contribution in [-0.4, -0.2) is 18.0 Å². The van der Waals surface area contributed by atoms with E-state index in [4.69, 9.17) is 10.5 Å². The Morgan fingerprint density at radius 1 is 1.53 bits per heavy atom. The summed E-state index contributed by atoms with van der Waals surface area (Å²) < 4.78 is 6.20. The van der Waals surface area contributed by atoms with E-state index in [2.05, 4.69) is 4.98 Å². The van der Waals surface area contributed by atoms with Crippen LogP contribution in [0.25, 0.3) is 10.2 Å². The average molecular weight is 248 g/mol. The van der Waals surface area contributed by atoms with Gasteiger partial charge in [-0.2, -0.15) is 0 Å². The molecular weight excluding hydrogens is 236 g/mol. The first-order valence-corrected chi connectivity index (χ1v) is 6.22. The fourth-order valence-corrected chi connectivity index (χ4v) is 3.17. The molecule has 1 aromatic carbocycles. The first-order valence-electron chi connectivity index (χ1n) is 5.41. The lowest BCUT2D eigenvalue weighted by Gasteiger charge is -2.04. The van der Waals surface area contributed by atoms with Gasteiger partial charge in [0.05, 0.1) is 17.3 Å². The molecule has 0 unspecified atom stereocenters. The van der Waals surface area contributed by atoms with E-state index in [0.29, 0.717) is 0 Å². The molecule has 1 fully saturated rings. The van der Waals surface area contributed by atoms with E-state index in [9.17, 15) is 4.79 Å². The predicted molar refractivity (Wildman–Crippen MR) is 66.3 cm³/mol. The molecule has 17 heavy (non-hydrogen) atoms. The number of nitrogens with zero attached hydrogens (tertiary/aromatic N) is 1. The van der Waals surface area contributed by atoms with Gasteiger partial charge in [0.2, 0.25) is 5.91 Å². The van der Waals surface area contributed by atoms with Gasteiger partial charge in [0, 0.05) is 0 Å². The molecule has 1 aliphatic rings. The largest absolute Gasteiger partial charge is 0.497 e. The Labute approximate surface area is 102 Å². The summed E-state index contributed by atoms with van der Waals surface area (Å²) in [5, 5.41) is 0.841. The topological polar surface area (TPSA) is 65.2 Å². The normalized spacial score (nSPS) is 17.0. The van der Waals surface area contributed by atoms with Crippen molar-refractivity contribution in [2.24, 2.45) is 5.73 Å². The Bertz CT molecular complexity index is 602. The van der Waals surface area contributed by atoms with E-state index in [1.54, 1.807) is 7.11 Å². The molecule has 1 aliphatic carbocycles. The van der Waals surface area contributed by atoms with Gasteiger partial charge in [0.15, 0.2) is 0 Å². The summed E-state index contributed by atoms with van der Waals surface area (Å²) in [6.07, 6.45) is 1.64. The summed E-state index contributed by atoms with van der Waals surface area (Å²) in [6, 6.07) is 5.72. The lowest BCUT2D eigenvalue weighted by molar-refractivity contribution is -0.120. The quantitative estimate of drug-likeness (QED) is 0.901. The zero-order valence-corrected chi connectivity index (χ0v) is 10.2. The SMILES string of the molecule is COc1ccc2nc(C3(C(N)=O)CC3)sc2c1. The van der Waals surface area contributed by atoms with Crippen LogP contribution in [0.3, 0.4) is 0 Å². The highest BCUT2D eigenvalue weighted by molar-refractivity contribution is 7.18. The van der Waals surface area contributed by atoms with Gasteiger partial charge in [0.1, 0.15) is 16.2 Å². The third-order valence-corrected chi connectivity index (χ3v) is 4.45. The summed E-state index contributed by atoms with van der Waals surface area (Å²) in [5.74, 6) is 0.542. The van der Waals surface area contributed by atoms with E-state index >= 15 is 0 Å². The number of carbonyl (C=O) groups is 1. The Hall–Kier alpha value is -1.62. The Kier molecular flexibility index (Phi) is 2.13. The van der Waals surface area contributed by atoms with Crippen molar-refractivity contribution >= 4 is 27.5 Å². The van der Waals surface area contributed by atoms with Crippen LogP contribution in [0.1, 0.15) is 17.8 Å². The molecule has 3 rings (SSSR count). The third-order valence-electron chi connectivity index (χ3n) is 3.23. The minimum absolute atomic E-state index is 0.261. The number of amides is 1. The van der Waals surface area contributed by atoms with Crippen molar-refractivity contribution in [1.82, 2.24) is 4.98 Å². The van der Waals surface area contributed by atoms with Crippen molar-refractivity contribution in [3.63, 3.8) is 0 Å². The van der Waals surface area contributed by atoms with Gasteiger partial charge in [-0.3, -0.25) is 4.79 Å². The highest BCUT2D eigenvalue weighted by Gasteiger charge is 2.52. The molecule has 4 nitrogen and oxygen atoms in total. The summed E-state index contributed by atoms with van der Waals surface area (Å²) >= 11 is 1.53. The van der Waals surface area contributed by atoms with Gasteiger partial charge in [-0.05, 0) is 31.0 Å². The molecule has 0 atom stereocenters. The molecule has 0 bridgehead atoms. The summed E-state index contributed by atoms with van der Waals surface area (Å²) in [5.41, 5.74) is 5.86. The fraction of sp³-hybridized carbons (Fsp3) is 0.333. The molecule has 2 N–H and O–H groups in total. The average Bonchev–Trinajstić information content (AvgIpc) is 3.03. The zero-order valence-electron chi connectivity index (χ0n) is 9.40. The summed E-state index contributed by atoms with van der Waals surface area (Å²) in [6.45, 7) is 0. The maximum Gasteiger partial charge on any atom is 0.230 e. The Morgan fingerprint density at radius 3 is 2.88 bits per heavy atom. The number of aromatic nitrogens is 1. The number of rotatable bonds is 3. The van der Waals surface area contributed by atoms with Crippen molar-refractivity contribution in [2.45, 2.75) is 18.3 Å². The van der Waals surface area contributed by atoms with Crippen LogP contribution in [-0.2, 0) is 10.2 Å². The Morgan fingerprint density at radius 2 is 2.29 bits per heavy atom. The minimum Gasteiger partial charge on any atom is -0.497 e. The number of hydrogen-bond acceptors (Lipinski definition) is 4. The number of fused-ring (bicyclic) bond motifs is 1. The van der Waals surface area contributed by atoms with Crippen LogP contribution < -0.4 is 10.5 Å². The van der Waals surface area contributed by atoms with Crippen molar-refractivity contribution in [3.8, 4) is 5.75 Å². The molecule has 0 saturated heterocycles. The number of methoxy groups -OCH3 is 1. The van der Waals surface area contributed by atoms with Gasteiger partial charge in [-0.1, -0.05) is 0 Å². The molecule has 0 aliphatic heterocycles. The van der Waals surface area contributed by atoms with Crippen LogP contribution in [0.5, 0.6) is 5.75 Å². The van der Waals surface area contributed by atoms with Crippen molar-refractivity contribution in [2.75, 3.05) is 7.11 Å². The first kappa shape index (κ1) is 10.5. The van der Waals surface area contributed by atoms with Gasteiger partial charge in [0.25, 0.3) is 0 Å². The van der Waals surface area contributed by atoms with Crippen LogP contribution >= 0.6 is 11.3 Å². The number of carbonyl (C=O) groups excluding carboxylic acids is 1. The summed E-state index contributed by atoms with van der Waals surface area (Å²) in [4.78, 5) is 16.0. The monoisotopic (exact) mass is 248 g/mol. The molecule has 2 aromatic rings. The highest BCUT2D eigenvalue weighted by atomic mass is 32.1. The molecule has 88 valence electrons. The van der Waals surface area contributed by atoms with Gasteiger partial charge >= 0.3 is 0 Å². The molecule has 5 heteroatoms. The number of hydrogen-bond donors (Lipinski definition) is 1. The highest BCUT2D eigenvalue weighted by Crippen LogP contribution is 2.50. The number of nitrogens with two attached hydrogens (primary N) is 1. The van der Waals surface area contributed by atoms with Crippen LogP contribution in [0.2, 0.25) is 0 Å². The van der Waals surface area contributed by atoms with Crippen molar-refractivity contribution in [1.29, 1.82) is 0 Å². The van der Waals surface area contributed by atoms with Crippen molar-refractivity contribution < 1.29 is 9.53 Å². The number of primary amides is 1. The maximum atomic E-state index is 11.4. The molecule has 1 aromatic heterocycles. The molecular formula is C12H12N2O2S. The number of benzene rings is 1. The zero-order chi connectivity index (χ0) is 12.0. The smallest absolute Gasteiger partial charge is 0.230 e. The first-order chi connectivity index (χ1) is 8.15. The molecule has 0 spiro atoms. The molecule has 1 saturated carbocycles. The minimum atomic E-state index is -0.489. The van der Waals surface area contributed by atoms with E-state index < -0.39 is 5.41 Å². The maximum absolute atomic E-state index is 11.4. The van der Waals surface area contributed by atoms with Crippen molar-refractivity contribution in [3.05, 3.63) is 23.2 Å². The lowest BCUT2D eigenvalue weighted by Crippen LogP contribution is -2.28. The van der Waals surface area contributed by atoms with Gasteiger partial charge in [-0.15, -0.1) is 11.3 Å². The van der Waals surface area contributed by atoms with Gasteiger partial charge < -0.3 is 10.5 Å².